The van der Waals surface area contributed by atoms with Crippen molar-refractivity contribution in [3.05, 3.63) is 59.7 Å². The fraction of sp³-hybridized carbons (Fsp3) is 0.429. The second kappa shape index (κ2) is 8.88. The van der Waals surface area contributed by atoms with E-state index in [2.05, 4.69) is 43.1 Å². The zero-order valence-corrected chi connectivity index (χ0v) is 15.1. The van der Waals surface area contributed by atoms with E-state index < -0.39 is 0 Å². The van der Waals surface area contributed by atoms with Crippen LogP contribution in [0.1, 0.15) is 43.4 Å². The quantitative estimate of drug-likeness (QED) is 0.616. The molecule has 0 bridgehead atoms. The molecule has 25 heavy (non-hydrogen) atoms. The van der Waals surface area contributed by atoms with E-state index in [4.69, 9.17) is 14.5 Å². The first-order chi connectivity index (χ1) is 12.3. The molecule has 1 aliphatic heterocycles. The Labute approximate surface area is 150 Å². The summed E-state index contributed by atoms with van der Waals surface area (Å²) in [5.41, 5.74) is 2.26. The van der Waals surface area contributed by atoms with Crippen molar-refractivity contribution in [2.45, 2.75) is 38.9 Å². The summed E-state index contributed by atoms with van der Waals surface area (Å²) in [4.78, 5) is 12.6. The van der Waals surface area contributed by atoms with Gasteiger partial charge in [-0.05, 0) is 37.7 Å². The number of unbranched alkanes of at least 4 members (excludes halogenated alkanes) is 1. The minimum atomic E-state index is 0.0191. The minimum absolute atomic E-state index is 0.0191. The first kappa shape index (κ1) is 17.8. The van der Waals surface area contributed by atoms with Gasteiger partial charge in [0.2, 0.25) is 0 Å². The molecule has 1 aliphatic rings. The molecular formula is C21H27NO3. The van der Waals surface area contributed by atoms with Crippen molar-refractivity contribution < 1.29 is 14.5 Å². The Morgan fingerprint density at radius 2 is 1.96 bits per heavy atom. The van der Waals surface area contributed by atoms with Crippen LogP contribution in [0.25, 0.3) is 0 Å². The Morgan fingerprint density at radius 3 is 2.76 bits per heavy atom. The Hall–Kier alpha value is -2.04. The first-order valence-electron chi connectivity index (χ1n) is 9.09. The maximum Gasteiger partial charge on any atom is 0.174 e. The van der Waals surface area contributed by atoms with E-state index >= 15 is 0 Å². The van der Waals surface area contributed by atoms with Crippen LogP contribution in [-0.2, 0) is 11.5 Å². The average Bonchev–Trinajstić information content (AvgIpc) is 3.12. The second-order valence-electron chi connectivity index (χ2n) is 6.58. The highest BCUT2D eigenvalue weighted by atomic mass is 17.2. The highest BCUT2D eigenvalue weighted by Gasteiger charge is 2.18. The van der Waals surface area contributed by atoms with Crippen molar-refractivity contribution in [1.29, 1.82) is 0 Å². The topological polar surface area (TPSA) is 30.9 Å². The fourth-order valence-electron chi connectivity index (χ4n) is 2.96. The lowest BCUT2D eigenvalue weighted by Crippen LogP contribution is -2.23. The van der Waals surface area contributed by atoms with Crippen LogP contribution in [0.2, 0.25) is 0 Å². The molecule has 0 aromatic heterocycles. The molecule has 0 saturated heterocycles. The third kappa shape index (κ3) is 4.97. The van der Waals surface area contributed by atoms with E-state index in [0.29, 0.717) is 6.61 Å². The molecule has 3 rings (SSSR count). The Kier molecular flexibility index (Phi) is 6.31. The molecule has 0 N–H and O–H groups in total. The van der Waals surface area contributed by atoms with Gasteiger partial charge in [-0.15, -0.1) is 0 Å². The zero-order valence-electron chi connectivity index (χ0n) is 15.1. The minimum Gasteiger partial charge on any atom is -0.486 e. The molecule has 4 nitrogen and oxygen atoms in total. The van der Waals surface area contributed by atoms with Crippen molar-refractivity contribution >= 4 is 0 Å². The first-order valence-corrected chi connectivity index (χ1v) is 9.09. The molecule has 1 unspecified atom stereocenters. The number of rotatable bonds is 9. The Balaban J connectivity index is 1.68. The molecule has 2 aromatic carbocycles. The highest BCUT2D eigenvalue weighted by molar-refractivity contribution is 5.41. The van der Waals surface area contributed by atoms with Gasteiger partial charge in [0.05, 0.1) is 0 Å². The predicted molar refractivity (Wildman–Crippen MR) is 98.7 cm³/mol. The normalized spacial score (nSPS) is 14.2. The lowest BCUT2D eigenvalue weighted by Gasteiger charge is -2.23. The molecule has 2 aromatic rings. The number of ether oxygens (including phenoxy) is 1. The van der Waals surface area contributed by atoms with Crippen LogP contribution in [0, 0.1) is 0 Å². The lowest BCUT2D eigenvalue weighted by atomic mass is 10.1. The van der Waals surface area contributed by atoms with Crippen molar-refractivity contribution in [2.75, 3.05) is 20.1 Å². The van der Waals surface area contributed by atoms with Gasteiger partial charge in [-0.1, -0.05) is 43.7 Å². The molecule has 0 saturated carbocycles. The monoisotopic (exact) mass is 341 g/mol. The van der Waals surface area contributed by atoms with Crippen LogP contribution < -0.4 is 9.62 Å². The Bertz CT molecular complexity index is 659. The van der Waals surface area contributed by atoms with Gasteiger partial charge in [0.1, 0.15) is 18.5 Å². The van der Waals surface area contributed by atoms with E-state index in [0.717, 1.165) is 36.6 Å². The Morgan fingerprint density at radius 1 is 1.12 bits per heavy atom. The number of nitrogens with zero attached hydrogens (tertiary/aromatic N) is 1. The maximum absolute atomic E-state index is 6.32. The van der Waals surface area contributed by atoms with Crippen molar-refractivity contribution in [3.63, 3.8) is 0 Å². The molecular weight excluding hydrogens is 314 g/mol. The summed E-state index contributed by atoms with van der Waals surface area (Å²) in [6.45, 7) is 4.86. The molecule has 4 heteroatoms. The van der Waals surface area contributed by atoms with Crippen LogP contribution in [0.3, 0.4) is 0 Å². The third-order valence-electron chi connectivity index (χ3n) is 4.52. The van der Waals surface area contributed by atoms with E-state index in [1.165, 1.54) is 18.4 Å². The van der Waals surface area contributed by atoms with Crippen LogP contribution in [0.5, 0.6) is 11.5 Å². The smallest absolute Gasteiger partial charge is 0.174 e. The van der Waals surface area contributed by atoms with E-state index in [9.17, 15) is 0 Å². The summed E-state index contributed by atoms with van der Waals surface area (Å²) < 4.78 is 6.32. The average molecular weight is 341 g/mol. The van der Waals surface area contributed by atoms with Gasteiger partial charge in [0.25, 0.3) is 0 Å². The highest BCUT2D eigenvalue weighted by Crippen LogP contribution is 2.33. The summed E-state index contributed by atoms with van der Waals surface area (Å²) in [7, 11) is 2.18. The van der Waals surface area contributed by atoms with Crippen molar-refractivity contribution in [2.24, 2.45) is 0 Å². The van der Waals surface area contributed by atoms with Gasteiger partial charge in [-0.25, -0.2) is 0 Å². The summed E-state index contributed by atoms with van der Waals surface area (Å²) in [6.07, 6.45) is 3.42. The molecule has 1 atom stereocenters. The largest absolute Gasteiger partial charge is 0.486 e. The van der Waals surface area contributed by atoms with Crippen LogP contribution in [-0.4, -0.2) is 25.0 Å². The SMILES string of the molecule is CCCCN(C)CCC(Oc1ccc2c(c1)OOC2)c1ccccc1. The van der Waals surface area contributed by atoms with Crippen LogP contribution in [0.15, 0.2) is 48.5 Å². The van der Waals surface area contributed by atoms with Gasteiger partial charge < -0.3 is 14.5 Å². The fourth-order valence-corrected chi connectivity index (χ4v) is 2.96. The summed E-state index contributed by atoms with van der Waals surface area (Å²) >= 11 is 0. The molecule has 1 heterocycles. The molecule has 134 valence electrons. The molecule has 0 fully saturated rings. The molecule has 0 aliphatic carbocycles. The molecule has 0 radical (unpaired) electrons. The van der Waals surface area contributed by atoms with Gasteiger partial charge in [-0.2, -0.15) is 4.89 Å². The predicted octanol–water partition coefficient (Wildman–Crippen LogP) is 4.75. The second-order valence-corrected chi connectivity index (χ2v) is 6.58. The maximum atomic E-state index is 6.32. The van der Waals surface area contributed by atoms with Gasteiger partial charge in [0, 0.05) is 24.6 Å². The van der Waals surface area contributed by atoms with E-state index in [1.54, 1.807) is 0 Å². The van der Waals surface area contributed by atoms with Crippen LogP contribution >= 0.6 is 0 Å². The van der Waals surface area contributed by atoms with Gasteiger partial charge in [0.15, 0.2) is 5.75 Å². The molecule has 0 spiro atoms. The van der Waals surface area contributed by atoms with Gasteiger partial charge in [-0.3, -0.25) is 0 Å². The van der Waals surface area contributed by atoms with Gasteiger partial charge >= 0.3 is 0 Å². The third-order valence-corrected chi connectivity index (χ3v) is 4.52. The zero-order chi connectivity index (χ0) is 17.5. The van der Waals surface area contributed by atoms with E-state index in [-0.39, 0.29) is 6.10 Å². The summed E-state index contributed by atoms with van der Waals surface area (Å²) in [5, 5.41) is 0. The lowest BCUT2D eigenvalue weighted by molar-refractivity contribution is -0.194. The molecule has 0 amide bonds. The number of fused-ring (bicyclic) bond motifs is 1. The van der Waals surface area contributed by atoms with Crippen molar-refractivity contribution in [3.8, 4) is 11.5 Å². The number of benzene rings is 2. The van der Waals surface area contributed by atoms with E-state index in [1.807, 2.05) is 24.3 Å². The number of hydrogen-bond acceptors (Lipinski definition) is 4. The van der Waals surface area contributed by atoms with Crippen LogP contribution in [0.4, 0.5) is 0 Å². The van der Waals surface area contributed by atoms with Crippen molar-refractivity contribution in [1.82, 2.24) is 4.90 Å². The summed E-state index contributed by atoms with van der Waals surface area (Å²) in [5.74, 6) is 1.57. The number of hydrogen-bond donors (Lipinski definition) is 0. The standard InChI is InChI=1S/C21H27NO3/c1-3-4-13-22(2)14-12-20(17-8-6-5-7-9-17)24-19-11-10-18-16-23-25-21(18)15-19/h5-11,15,20H,3-4,12-14,16H2,1-2H3. The summed E-state index contributed by atoms with van der Waals surface area (Å²) in [6, 6.07) is 16.3.